The number of carbonyl (C=O) groups is 1. The number of rotatable bonds is 1. The Bertz CT molecular complexity index is 307. The van der Waals surface area contributed by atoms with E-state index in [2.05, 4.69) is 20.9 Å². The molecule has 0 radical (unpaired) electrons. The lowest BCUT2D eigenvalue weighted by Crippen LogP contribution is -2.06. The average Bonchev–Trinajstić information content (AvgIpc) is 2.07. The van der Waals surface area contributed by atoms with Crippen LogP contribution >= 0.6 is 15.9 Å². The third-order valence-electron chi connectivity index (χ3n) is 1.29. The largest absolute Gasteiger partial charge is 0.476 e. The van der Waals surface area contributed by atoms with Crippen molar-refractivity contribution in [2.24, 2.45) is 7.05 Å². The Kier molecular flexibility index (Phi) is 1.86. The molecule has 0 bridgehead atoms. The van der Waals surface area contributed by atoms with Crippen molar-refractivity contribution < 1.29 is 9.90 Å². The van der Waals surface area contributed by atoms with E-state index in [1.165, 1.54) is 11.6 Å². The molecular weight excluding hydrogens is 214 g/mol. The number of carboxylic acid groups (broad SMARTS) is 1. The van der Waals surface area contributed by atoms with E-state index >= 15 is 0 Å². The first-order valence-electron chi connectivity index (χ1n) is 2.75. The summed E-state index contributed by atoms with van der Waals surface area (Å²) in [4.78, 5) is 14.2. The Balaban J connectivity index is 3.34. The van der Waals surface area contributed by atoms with Gasteiger partial charge >= 0.3 is 5.97 Å². The van der Waals surface area contributed by atoms with E-state index < -0.39 is 5.97 Å². The highest BCUT2D eigenvalue weighted by atomic mass is 79.9. The topological polar surface area (TPSA) is 81.1 Å². The number of nitrogen functional groups attached to an aromatic ring is 1. The van der Waals surface area contributed by atoms with Crippen molar-refractivity contribution in [3.05, 3.63) is 10.3 Å². The fraction of sp³-hybridized carbons (Fsp3) is 0.200. The molecule has 0 fully saturated rings. The molecule has 60 valence electrons. The molecular formula is C5H6BrN3O2. The predicted octanol–water partition coefficient (Wildman–Crippen LogP) is 0.463. The molecule has 1 aromatic heterocycles. The fourth-order valence-corrected chi connectivity index (χ4v) is 1.33. The molecule has 0 spiro atoms. The Morgan fingerprint density at radius 1 is 1.82 bits per heavy atom. The zero-order valence-electron chi connectivity index (χ0n) is 5.71. The molecule has 0 amide bonds. The number of halogens is 1. The van der Waals surface area contributed by atoms with E-state index in [4.69, 9.17) is 10.8 Å². The summed E-state index contributed by atoms with van der Waals surface area (Å²) in [5.74, 6) is -0.877. The van der Waals surface area contributed by atoms with Gasteiger partial charge in [-0.25, -0.2) is 9.78 Å². The van der Waals surface area contributed by atoms with Crippen molar-refractivity contribution >= 4 is 27.8 Å². The van der Waals surface area contributed by atoms with Gasteiger partial charge in [-0.3, -0.25) is 0 Å². The molecule has 1 aromatic rings. The quantitative estimate of drug-likeness (QED) is 0.720. The second kappa shape index (κ2) is 2.54. The first kappa shape index (κ1) is 8.06. The minimum Gasteiger partial charge on any atom is -0.476 e. The van der Waals surface area contributed by atoms with Crippen LogP contribution in [0, 0.1) is 0 Å². The molecule has 0 unspecified atom stereocenters. The molecule has 0 aromatic carbocycles. The highest BCUT2D eigenvalue weighted by Gasteiger charge is 2.16. The molecule has 5 nitrogen and oxygen atoms in total. The van der Waals surface area contributed by atoms with Gasteiger partial charge in [0.15, 0.2) is 5.69 Å². The van der Waals surface area contributed by atoms with Crippen molar-refractivity contribution in [2.45, 2.75) is 0 Å². The summed E-state index contributed by atoms with van der Waals surface area (Å²) in [5.41, 5.74) is 5.40. The van der Waals surface area contributed by atoms with Gasteiger partial charge in [0, 0.05) is 7.05 Å². The maximum Gasteiger partial charge on any atom is 0.355 e. The monoisotopic (exact) mass is 219 g/mol. The van der Waals surface area contributed by atoms with Crippen LogP contribution in [0.2, 0.25) is 0 Å². The van der Waals surface area contributed by atoms with E-state index in [1.54, 1.807) is 0 Å². The minimum atomic E-state index is -1.05. The van der Waals surface area contributed by atoms with E-state index in [0.29, 0.717) is 0 Å². The van der Waals surface area contributed by atoms with Crippen LogP contribution in [-0.4, -0.2) is 20.6 Å². The highest BCUT2D eigenvalue weighted by molar-refractivity contribution is 9.10. The van der Waals surface area contributed by atoms with E-state index in [0.717, 1.165) is 0 Å². The van der Waals surface area contributed by atoms with Gasteiger partial charge in [0.05, 0.1) is 0 Å². The number of nitrogens with zero attached hydrogens (tertiary/aromatic N) is 2. The van der Waals surface area contributed by atoms with Crippen LogP contribution in [0.15, 0.2) is 4.60 Å². The fourth-order valence-electron chi connectivity index (χ4n) is 0.713. The van der Waals surface area contributed by atoms with Gasteiger partial charge < -0.3 is 15.4 Å². The van der Waals surface area contributed by atoms with Gasteiger partial charge in [-0.2, -0.15) is 0 Å². The van der Waals surface area contributed by atoms with Gasteiger partial charge in [-0.15, -0.1) is 0 Å². The lowest BCUT2D eigenvalue weighted by molar-refractivity contribution is 0.0685. The van der Waals surface area contributed by atoms with Gasteiger partial charge in [-0.1, -0.05) is 0 Å². The van der Waals surface area contributed by atoms with Gasteiger partial charge in [0.2, 0.25) is 5.95 Å². The zero-order chi connectivity index (χ0) is 8.59. The second-order valence-electron chi connectivity index (χ2n) is 1.97. The maximum atomic E-state index is 10.5. The number of aromatic carboxylic acids is 1. The van der Waals surface area contributed by atoms with Crippen LogP contribution in [0.5, 0.6) is 0 Å². The summed E-state index contributed by atoms with van der Waals surface area (Å²) in [6.45, 7) is 0. The molecule has 0 saturated heterocycles. The lowest BCUT2D eigenvalue weighted by atomic mass is 10.5. The molecule has 1 rings (SSSR count). The molecule has 0 atom stereocenters. The van der Waals surface area contributed by atoms with Crippen molar-refractivity contribution in [1.82, 2.24) is 9.55 Å². The SMILES string of the molecule is Cn1c(N)nc(Br)c1C(=O)O. The summed E-state index contributed by atoms with van der Waals surface area (Å²) in [7, 11) is 1.54. The van der Waals surface area contributed by atoms with Gasteiger partial charge in [0.25, 0.3) is 0 Å². The smallest absolute Gasteiger partial charge is 0.355 e. The highest BCUT2D eigenvalue weighted by Crippen LogP contribution is 2.17. The van der Waals surface area contributed by atoms with E-state index in [1.807, 2.05) is 0 Å². The number of hydrogen-bond donors (Lipinski definition) is 2. The number of carboxylic acids is 1. The van der Waals surface area contributed by atoms with Crippen molar-refractivity contribution in [2.75, 3.05) is 5.73 Å². The van der Waals surface area contributed by atoms with Crippen LogP contribution in [0.1, 0.15) is 10.5 Å². The minimum absolute atomic E-state index is 0.0579. The molecule has 0 aliphatic carbocycles. The van der Waals surface area contributed by atoms with Gasteiger partial charge in [-0.05, 0) is 15.9 Å². The van der Waals surface area contributed by atoms with Crippen LogP contribution in [0.3, 0.4) is 0 Å². The standard InChI is InChI=1S/C5H6BrN3O2/c1-9-2(4(10)11)3(6)8-5(9)7/h1H3,(H2,7,8)(H,10,11). The predicted molar refractivity (Wildman–Crippen MR) is 42.3 cm³/mol. The molecule has 3 N–H and O–H groups in total. The van der Waals surface area contributed by atoms with Crippen LogP contribution in [-0.2, 0) is 7.05 Å². The third kappa shape index (κ3) is 1.21. The first-order valence-corrected chi connectivity index (χ1v) is 3.54. The average molecular weight is 220 g/mol. The summed E-state index contributed by atoms with van der Waals surface area (Å²) in [5, 5.41) is 8.61. The van der Waals surface area contributed by atoms with Crippen molar-refractivity contribution in [3.63, 3.8) is 0 Å². The molecule has 1 heterocycles. The van der Waals surface area contributed by atoms with Crippen LogP contribution < -0.4 is 5.73 Å². The zero-order valence-corrected chi connectivity index (χ0v) is 7.29. The molecule has 11 heavy (non-hydrogen) atoms. The normalized spacial score (nSPS) is 10.0. The number of aromatic nitrogens is 2. The number of anilines is 1. The molecule has 6 heteroatoms. The molecule has 0 saturated carbocycles. The molecule has 0 aliphatic heterocycles. The van der Waals surface area contributed by atoms with Crippen LogP contribution in [0.4, 0.5) is 5.95 Å². The summed E-state index contributed by atoms with van der Waals surface area (Å²) in [6, 6.07) is 0. The third-order valence-corrected chi connectivity index (χ3v) is 1.84. The van der Waals surface area contributed by atoms with Crippen molar-refractivity contribution in [3.8, 4) is 0 Å². The molecule has 0 aliphatic rings. The number of imidazole rings is 1. The summed E-state index contributed by atoms with van der Waals surface area (Å²) in [6.07, 6.45) is 0. The van der Waals surface area contributed by atoms with Crippen LogP contribution in [0.25, 0.3) is 0 Å². The van der Waals surface area contributed by atoms with E-state index in [-0.39, 0.29) is 16.2 Å². The van der Waals surface area contributed by atoms with E-state index in [9.17, 15) is 4.79 Å². The van der Waals surface area contributed by atoms with Crippen molar-refractivity contribution in [1.29, 1.82) is 0 Å². The maximum absolute atomic E-state index is 10.5. The Morgan fingerprint density at radius 2 is 2.36 bits per heavy atom. The Labute approximate surface area is 71.0 Å². The Hall–Kier alpha value is -1.04. The second-order valence-corrected chi connectivity index (χ2v) is 2.72. The lowest BCUT2D eigenvalue weighted by Gasteiger charge is -1.96. The Morgan fingerprint density at radius 3 is 2.55 bits per heavy atom. The summed E-state index contributed by atoms with van der Waals surface area (Å²) < 4.78 is 1.55. The first-order chi connectivity index (χ1) is 5.04. The number of hydrogen-bond acceptors (Lipinski definition) is 3. The number of nitrogens with two attached hydrogens (primary N) is 1. The van der Waals surface area contributed by atoms with Gasteiger partial charge in [0.1, 0.15) is 4.60 Å². The summed E-state index contributed by atoms with van der Waals surface area (Å²) >= 11 is 2.98.